The summed E-state index contributed by atoms with van der Waals surface area (Å²) in [6.07, 6.45) is 7.50. The lowest BCUT2D eigenvalue weighted by atomic mass is 10.1. The van der Waals surface area contributed by atoms with Crippen LogP contribution in [0.3, 0.4) is 0 Å². The number of rotatable bonds is 11. The number of methoxy groups -OCH3 is 1. The average Bonchev–Trinajstić information content (AvgIpc) is 2.71. The van der Waals surface area contributed by atoms with E-state index in [0.717, 1.165) is 61.6 Å². The van der Waals surface area contributed by atoms with E-state index in [1.165, 1.54) is 5.69 Å². The van der Waals surface area contributed by atoms with Crippen LogP contribution < -0.4 is 14.4 Å². The number of benzene rings is 2. The van der Waals surface area contributed by atoms with Crippen molar-refractivity contribution in [1.29, 1.82) is 0 Å². The first-order valence-electron chi connectivity index (χ1n) is 10.1. The summed E-state index contributed by atoms with van der Waals surface area (Å²) >= 11 is 0. The van der Waals surface area contributed by atoms with Crippen LogP contribution in [-0.2, 0) is 0 Å². The molecule has 2 aromatic carbocycles. The Morgan fingerprint density at radius 1 is 0.893 bits per heavy atom. The van der Waals surface area contributed by atoms with Gasteiger partial charge in [0.15, 0.2) is 0 Å². The molecular weight excluding hydrogens is 370 g/mol. The first kappa shape index (κ1) is 23.9. The van der Waals surface area contributed by atoms with Crippen molar-refractivity contribution in [3.63, 3.8) is 0 Å². The first-order valence-corrected chi connectivity index (χ1v) is 10.1. The summed E-state index contributed by atoms with van der Waals surface area (Å²) < 4.78 is 11.4. The van der Waals surface area contributed by atoms with Crippen molar-refractivity contribution >= 4 is 30.2 Å². The zero-order valence-electron chi connectivity index (χ0n) is 17.6. The molecule has 0 heterocycles. The number of halogens is 1. The Morgan fingerprint density at radius 2 is 1.64 bits per heavy atom. The van der Waals surface area contributed by atoms with Gasteiger partial charge in [-0.15, -0.1) is 12.4 Å². The van der Waals surface area contributed by atoms with E-state index in [9.17, 15) is 0 Å². The van der Waals surface area contributed by atoms with Gasteiger partial charge in [0.05, 0.1) is 13.7 Å². The molecule has 0 radical (unpaired) electrons. The van der Waals surface area contributed by atoms with Gasteiger partial charge < -0.3 is 14.4 Å². The molecule has 0 spiro atoms. The van der Waals surface area contributed by atoms with Gasteiger partial charge in [-0.1, -0.05) is 45.1 Å². The second kappa shape index (κ2) is 13.1. The lowest BCUT2D eigenvalue weighted by molar-refractivity contribution is 0.317. The molecule has 0 aromatic heterocycles. The van der Waals surface area contributed by atoms with Crippen molar-refractivity contribution in [3.05, 3.63) is 53.6 Å². The first-order chi connectivity index (χ1) is 13.2. The minimum absolute atomic E-state index is 0. The van der Waals surface area contributed by atoms with Gasteiger partial charge in [-0.3, -0.25) is 0 Å². The van der Waals surface area contributed by atoms with Gasteiger partial charge in [0.25, 0.3) is 0 Å². The molecule has 3 nitrogen and oxygen atoms in total. The van der Waals surface area contributed by atoms with Crippen LogP contribution in [0.2, 0.25) is 0 Å². The van der Waals surface area contributed by atoms with E-state index in [4.69, 9.17) is 9.47 Å². The molecule has 154 valence electrons. The van der Waals surface area contributed by atoms with Gasteiger partial charge in [0.1, 0.15) is 11.5 Å². The predicted molar refractivity (Wildman–Crippen MR) is 124 cm³/mol. The summed E-state index contributed by atoms with van der Waals surface area (Å²) in [5, 5.41) is 0. The van der Waals surface area contributed by atoms with Crippen molar-refractivity contribution in [2.75, 3.05) is 31.7 Å². The summed E-state index contributed by atoms with van der Waals surface area (Å²) in [5.41, 5.74) is 3.45. The highest BCUT2D eigenvalue weighted by Gasteiger charge is 2.09. The molecular formula is C24H34ClNO2. The van der Waals surface area contributed by atoms with Gasteiger partial charge in [0.2, 0.25) is 0 Å². The van der Waals surface area contributed by atoms with Crippen LogP contribution in [0.15, 0.2) is 42.5 Å². The Kier molecular flexibility index (Phi) is 11.2. The maximum atomic E-state index is 6.06. The highest BCUT2D eigenvalue weighted by molar-refractivity contribution is 5.85. The number of hydrogen-bond donors (Lipinski definition) is 0. The molecule has 0 N–H and O–H groups in total. The average molecular weight is 404 g/mol. The number of nitrogens with zero attached hydrogens (tertiary/aromatic N) is 1. The Bertz CT molecular complexity index is 724. The fourth-order valence-corrected chi connectivity index (χ4v) is 3.04. The van der Waals surface area contributed by atoms with Gasteiger partial charge in [-0.05, 0) is 49.1 Å². The smallest absolute Gasteiger partial charge is 0.128 e. The molecule has 0 aliphatic carbocycles. The zero-order valence-corrected chi connectivity index (χ0v) is 18.4. The molecule has 2 rings (SSSR count). The van der Waals surface area contributed by atoms with E-state index in [1.54, 1.807) is 7.11 Å². The number of anilines is 1. The SMILES string of the molecule is CCCOc1cc(N(CCC)CCC)ccc1C=Cc1cccc(OC)c1.Cl. The summed E-state index contributed by atoms with van der Waals surface area (Å²) in [6.45, 7) is 9.45. The zero-order chi connectivity index (χ0) is 19.5. The van der Waals surface area contributed by atoms with Crippen LogP contribution >= 0.6 is 12.4 Å². The van der Waals surface area contributed by atoms with Crippen LogP contribution in [0.25, 0.3) is 12.2 Å². The van der Waals surface area contributed by atoms with Crippen molar-refractivity contribution < 1.29 is 9.47 Å². The van der Waals surface area contributed by atoms with E-state index >= 15 is 0 Å². The van der Waals surface area contributed by atoms with Crippen molar-refractivity contribution in [1.82, 2.24) is 0 Å². The van der Waals surface area contributed by atoms with Crippen LogP contribution in [0.4, 0.5) is 5.69 Å². The third-order valence-electron chi connectivity index (χ3n) is 4.36. The van der Waals surface area contributed by atoms with E-state index in [0.29, 0.717) is 0 Å². The fraction of sp³-hybridized carbons (Fsp3) is 0.417. The van der Waals surface area contributed by atoms with Crippen molar-refractivity contribution in [2.24, 2.45) is 0 Å². The molecule has 0 aliphatic rings. The van der Waals surface area contributed by atoms with E-state index in [1.807, 2.05) is 18.2 Å². The molecule has 28 heavy (non-hydrogen) atoms. The Morgan fingerprint density at radius 3 is 2.29 bits per heavy atom. The van der Waals surface area contributed by atoms with Gasteiger partial charge in [-0.2, -0.15) is 0 Å². The molecule has 0 bridgehead atoms. The molecule has 0 amide bonds. The molecule has 0 saturated carbocycles. The van der Waals surface area contributed by atoms with Crippen LogP contribution in [0.5, 0.6) is 11.5 Å². The summed E-state index contributed by atoms with van der Waals surface area (Å²) in [6, 6.07) is 14.6. The third kappa shape index (κ3) is 7.12. The fourth-order valence-electron chi connectivity index (χ4n) is 3.04. The monoisotopic (exact) mass is 403 g/mol. The molecule has 0 atom stereocenters. The lowest BCUT2D eigenvalue weighted by Crippen LogP contribution is -2.24. The minimum atomic E-state index is 0. The van der Waals surface area contributed by atoms with Crippen molar-refractivity contribution in [2.45, 2.75) is 40.0 Å². The summed E-state index contributed by atoms with van der Waals surface area (Å²) in [4.78, 5) is 2.44. The molecule has 2 aromatic rings. The molecule has 4 heteroatoms. The topological polar surface area (TPSA) is 21.7 Å². The molecule has 0 saturated heterocycles. The number of ether oxygens (including phenoxy) is 2. The standard InChI is InChI=1S/C24H33NO2.ClH/c1-5-15-25(16-6-2)22-14-13-21(24(19-22)27-17-7-3)12-11-20-9-8-10-23(18-20)26-4;/h8-14,18-19H,5-7,15-17H2,1-4H3;1H. The predicted octanol–water partition coefficient (Wildman–Crippen LogP) is 6.70. The minimum Gasteiger partial charge on any atom is -0.497 e. The molecule has 0 aliphatic heterocycles. The molecule has 0 fully saturated rings. The van der Waals surface area contributed by atoms with Gasteiger partial charge >= 0.3 is 0 Å². The Labute approximate surface area is 176 Å². The van der Waals surface area contributed by atoms with Crippen molar-refractivity contribution in [3.8, 4) is 11.5 Å². The maximum absolute atomic E-state index is 6.06. The van der Waals surface area contributed by atoms with E-state index in [2.05, 4.69) is 62.1 Å². The third-order valence-corrected chi connectivity index (χ3v) is 4.36. The normalized spacial score (nSPS) is 10.6. The second-order valence-electron chi connectivity index (χ2n) is 6.67. The molecule has 0 unspecified atom stereocenters. The lowest BCUT2D eigenvalue weighted by Gasteiger charge is -2.25. The number of hydrogen-bond acceptors (Lipinski definition) is 3. The maximum Gasteiger partial charge on any atom is 0.128 e. The largest absolute Gasteiger partial charge is 0.497 e. The second-order valence-corrected chi connectivity index (χ2v) is 6.67. The van der Waals surface area contributed by atoms with Gasteiger partial charge in [0, 0.05) is 30.4 Å². The van der Waals surface area contributed by atoms with E-state index in [-0.39, 0.29) is 12.4 Å². The Hall–Kier alpha value is -2.13. The van der Waals surface area contributed by atoms with Crippen LogP contribution in [-0.4, -0.2) is 26.8 Å². The quantitative estimate of drug-likeness (QED) is 0.389. The summed E-state index contributed by atoms with van der Waals surface area (Å²) in [7, 11) is 1.69. The van der Waals surface area contributed by atoms with Gasteiger partial charge in [-0.25, -0.2) is 0 Å². The van der Waals surface area contributed by atoms with Crippen LogP contribution in [0, 0.1) is 0 Å². The highest BCUT2D eigenvalue weighted by atomic mass is 35.5. The van der Waals surface area contributed by atoms with Crippen LogP contribution in [0.1, 0.15) is 51.2 Å². The Balaban J connectivity index is 0.00000392. The highest BCUT2D eigenvalue weighted by Crippen LogP contribution is 2.28. The summed E-state index contributed by atoms with van der Waals surface area (Å²) in [5.74, 6) is 1.82. The van der Waals surface area contributed by atoms with E-state index < -0.39 is 0 Å².